The van der Waals surface area contributed by atoms with Gasteiger partial charge in [0.15, 0.2) is 0 Å². The van der Waals surface area contributed by atoms with Crippen molar-refractivity contribution in [3.63, 3.8) is 0 Å². The Kier molecular flexibility index (Phi) is 9.03. The maximum atomic E-state index is 12.8. The summed E-state index contributed by atoms with van der Waals surface area (Å²) in [5, 5.41) is 11.4. The standard InChI is InChI=1S/C16H24N2O6S2/c1-4-9-17(10-5-2)26(22,23)13-7-8-15(14(11-13)18(20)21)25-12-16(19)24-6-3/h7-8,11H,4-6,9-10,12H2,1-3H3. The zero-order chi connectivity index (χ0) is 19.7. The molecule has 0 bridgehead atoms. The van der Waals surface area contributed by atoms with E-state index in [1.165, 1.54) is 16.4 Å². The van der Waals surface area contributed by atoms with Gasteiger partial charge in [-0.3, -0.25) is 14.9 Å². The summed E-state index contributed by atoms with van der Waals surface area (Å²) in [5.41, 5.74) is -0.340. The molecule has 0 unspecified atom stereocenters. The van der Waals surface area contributed by atoms with Crippen LogP contribution in [0.5, 0.6) is 0 Å². The Morgan fingerprint density at radius 2 is 1.85 bits per heavy atom. The first-order valence-electron chi connectivity index (χ1n) is 8.34. The van der Waals surface area contributed by atoms with Crippen LogP contribution >= 0.6 is 11.8 Å². The first kappa shape index (κ1) is 22.4. The lowest BCUT2D eigenvalue weighted by Gasteiger charge is -2.21. The number of carbonyl (C=O) groups excluding carboxylic acids is 1. The molecule has 0 spiro atoms. The molecule has 0 saturated heterocycles. The molecule has 1 aromatic rings. The van der Waals surface area contributed by atoms with Crippen LogP contribution in [0.3, 0.4) is 0 Å². The molecule has 146 valence electrons. The van der Waals surface area contributed by atoms with Crippen molar-refractivity contribution in [1.29, 1.82) is 0 Å². The van der Waals surface area contributed by atoms with Crippen molar-refractivity contribution in [3.8, 4) is 0 Å². The van der Waals surface area contributed by atoms with Crippen LogP contribution in [0.2, 0.25) is 0 Å². The maximum absolute atomic E-state index is 12.8. The minimum Gasteiger partial charge on any atom is -0.465 e. The van der Waals surface area contributed by atoms with Crippen LogP contribution in [0, 0.1) is 10.1 Å². The summed E-state index contributed by atoms with van der Waals surface area (Å²) < 4.78 is 31.7. The summed E-state index contributed by atoms with van der Waals surface area (Å²) in [6, 6.07) is 3.76. The number of esters is 1. The van der Waals surface area contributed by atoms with Gasteiger partial charge >= 0.3 is 5.97 Å². The van der Waals surface area contributed by atoms with Crippen molar-refractivity contribution in [1.82, 2.24) is 4.31 Å². The second kappa shape index (κ2) is 10.5. The molecule has 10 heteroatoms. The molecule has 1 rings (SSSR count). The highest BCUT2D eigenvalue weighted by molar-refractivity contribution is 8.00. The Morgan fingerprint density at radius 3 is 2.35 bits per heavy atom. The summed E-state index contributed by atoms with van der Waals surface area (Å²) in [5.74, 6) is -0.570. The van der Waals surface area contributed by atoms with Crippen LogP contribution in [-0.4, -0.2) is 49.1 Å². The predicted octanol–water partition coefficient (Wildman–Crippen LogP) is 3.06. The van der Waals surface area contributed by atoms with Crippen LogP contribution in [0.1, 0.15) is 33.6 Å². The minimum absolute atomic E-state index is 0.0848. The van der Waals surface area contributed by atoms with E-state index in [0.717, 1.165) is 17.8 Å². The fraction of sp³-hybridized carbons (Fsp3) is 0.562. The lowest BCUT2D eigenvalue weighted by molar-refractivity contribution is -0.388. The van der Waals surface area contributed by atoms with Gasteiger partial charge in [0.05, 0.1) is 27.1 Å². The van der Waals surface area contributed by atoms with Gasteiger partial charge in [0.25, 0.3) is 5.69 Å². The van der Waals surface area contributed by atoms with Crippen molar-refractivity contribution >= 4 is 33.4 Å². The average molecular weight is 405 g/mol. The maximum Gasteiger partial charge on any atom is 0.316 e. The predicted molar refractivity (Wildman–Crippen MR) is 99.8 cm³/mol. The van der Waals surface area contributed by atoms with E-state index in [0.29, 0.717) is 25.9 Å². The molecule has 0 radical (unpaired) electrons. The lowest BCUT2D eigenvalue weighted by Crippen LogP contribution is -2.32. The monoisotopic (exact) mass is 404 g/mol. The van der Waals surface area contributed by atoms with Gasteiger partial charge in [-0.25, -0.2) is 8.42 Å². The van der Waals surface area contributed by atoms with Gasteiger partial charge in [0.2, 0.25) is 10.0 Å². The van der Waals surface area contributed by atoms with E-state index < -0.39 is 20.9 Å². The Bertz CT molecular complexity index is 730. The van der Waals surface area contributed by atoms with Crippen molar-refractivity contribution in [2.45, 2.75) is 43.4 Å². The highest BCUT2D eigenvalue weighted by Gasteiger charge is 2.27. The fourth-order valence-electron chi connectivity index (χ4n) is 2.26. The molecular weight excluding hydrogens is 380 g/mol. The summed E-state index contributed by atoms with van der Waals surface area (Å²) in [6.45, 7) is 6.34. The molecule has 26 heavy (non-hydrogen) atoms. The number of carbonyl (C=O) groups is 1. The molecule has 0 atom stereocenters. The number of ether oxygens (including phenoxy) is 1. The smallest absolute Gasteiger partial charge is 0.316 e. The number of thioether (sulfide) groups is 1. The van der Waals surface area contributed by atoms with Gasteiger partial charge in [0.1, 0.15) is 0 Å². The molecule has 0 heterocycles. The van der Waals surface area contributed by atoms with Gasteiger partial charge in [-0.2, -0.15) is 4.31 Å². The Labute approximate surface area is 158 Å². The number of hydrogen-bond acceptors (Lipinski definition) is 7. The van der Waals surface area contributed by atoms with E-state index in [-0.39, 0.29) is 27.8 Å². The largest absolute Gasteiger partial charge is 0.465 e. The van der Waals surface area contributed by atoms with Crippen LogP contribution in [0.15, 0.2) is 28.0 Å². The molecule has 0 N–H and O–H groups in total. The highest BCUT2D eigenvalue weighted by Crippen LogP contribution is 2.32. The molecule has 0 aliphatic carbocycles. The molecule has 0 aromatic heterocycles. The topological polar surface area (TPSA) is 107 Å². The normalized spacial score (nSPS) is 11.5. The van der Waals surface area contributed by atoms with Crippen LogP contribution < -0.4 is 0 Å². The van der Waals surface area contributed by atoms with E-state index in [1.54, 1.807) is 6.92 Å². The Hall–Kier alpha value is -1.65. The zero-order valence-corrected chi connectivity index (χ0v) is 16.8. The minimum atomic E-state index is -3.81. The number of nitro benzene ring substituents is 1. The number of benzene rings is 1. The van der Waals surface area contributed by atoms with Gasteiger partial charge in [-0.15, -0.1) is 11.8 Å². The number of sulfonamides is 1. The Morgan fingerprint density at radius 1 is 1.23 bits per heavy atom. The fourth-order valence-corrected chi connectivity index (χ4v) is 4.71. The van der Waals surface area contributed by atoms with Crippen LogP contribution in [-0.2, 0) is 19.6 Å². The van der Waals surface area contributed by atoms with Crippen molar-refractivity contribution in [2.75, 3.05) is 25.4 Å². The second-order valence-electron chi connectivity index (χ2n) is 5.38. The average Bonchev–Trinajstić information content (AvgIpc) is 2.59. The summed E-state index contributed by atoms with van der Waals surface area (Å²) in [6.07, 6.45) is 1.30. The molecule has 8 nitrogen and oxygen atoms in total. The van der Waals surface area contributed by atoms with Gasteiger partial charge < -0.3 is 4.74 Å². The number of nitro groups is 1. The van der Waals surface area contributed by atoms with Crippen LogP contribution in [0.4, 0.5) is 5.69 Å². The summed E-state index contributed by atoms with van der Waals surface area (Å²) >= 11 is 0.947. The summed E-state index contributed by atoms with van der Waals surface area (Å²) in [7, 11) is -3.81. The first-order valence-corrected chi connectivity index (χ1v) is 10.8. The number of nitrogens with zero attached hydrogens (tertiary/aromatic N) is 2. The quantitative estimate of drug-likeness (QED) is 0.241. The highest BCUT2D eigenvalue weighted by atomic mass is 32.2. The second-order valence-corrected chi connectivity index (χ2v) is 8.34. The van der Waals surface area contributed by atoms with E-state index in [9.17, 15) is 23.3 Å². The number of rotatable bonds is 11. The molecule has 0 aliphatic heterocycles. The molecule has 0 fully saturated rings. The lowest BCUT2D eigenvalue weighted by atomic mass is 10.3. The Balaban J connectivity index is 3.17. The first-order chi connectivity index (χ1) is 12.3. The SMILES string of the molecule is CCCN(CCC)S(=O)(=O)c1ccc(SCC(=O)OCC)c([N+](=O)[O-])c1. The van der Waals surface area contributed by atoms with Gasteiger partial charge in [-0.05, 0) is 31.9 Å². The van der Waals surface area contributed by atoms with E-state index in [2.05, 4.69) is 0 Å². The van der Waals surface area contributed by atoms with Crippen molar-refractivity contribution in [3.05, 3.63) is 28.3 Å². The van der Waals surface area contributed by atoms with E-state index in [4.69, 9.17) is 4.74 Å². The summed E-state index contributed by atoms with van der Waals surface area (Å²) in [4.78, 5) is 22.3. The van der Waals surface area contributed by atoms with Crippen molar-refractivity contribution in [2.24, 2.45) is 0 Å². The molecule has 0 amide bonds. The molecule has 0 saturated carbocycles. The third kappa shape index (κ3) is 5.96. The van der Waals surface area contributed by atoms with E-state index in [1.807, 2.05) is 13.8 Å². The van der Waals surface area contributed by atoms with Gasteiger partial charge in [-0.1, -0.05) is 13.8 Å². The number of hydrogen-bond donors (Lipinski definition) is 0. The third-order valence-electron chi connectivity index (χ3n) is 3.36. The van der Waals surface area contributed by atoms with Crippen LogP contribution in [0.25, 0.3) is 0 Å². The molecular formula is C16H24N2O6S2. The zero-order valence-electron chi connectivity index (χ0n) is 15.1. The molecule has 0 aliphatic rings. The van der Waals surface area contributed by atoms with Crippen molar-refractivity contribution < 1.29 is 22.9 Å². The van der Waals surface area contributed by atoms with E-state index >= 15 is 0 Å². The molecule has 1 aromatic carbocycles. The third-order valence-corrected chi connectivity index (χ3v) is 6.29. The van der Waals surface area contributed by atoms with Gasteiger partial charge in [0, 0.05) is 19.2 Å².